The van der Waals surface area contributed by atoms with Crippen LogP contribution in [0, 0.1) is 5.92 Å². The van der Waals surface area contributed by atoms with E-state index in [-0.39, 0.29) is 11.6 Å². The summed E-state index contributed by atoms with van der Waals surface area (Å²) >= 11 is 6.12. The minimum absolute atomic E-state index is 0.189. The molecule has 0 aliphatic rings. The molecule has 0 amide bonds. The van der Waals surface area contributed by atoms with Crippen LogP contribution in [0.3, 0.4) is 0 Å². The lowest BCUT2D eigenvalue weighted by Gasteiger charge is -2.17. The van der Waals surface area contributed by atoms with Gasteiger partial charge >= 0.3 is 0 Å². The largest absolute Gasteiger partial charge is 0.299 e. The van der Waals surface area contributed by atoms with Gasteiger partial charge in [0.1, 0.15) is 11.6 Å². The first kappa shape index (κ1) is 11.9. The van der Waals surface area contributed by atoms with Crippen molar-refractivity contribution in [1.82, 2.24) is 0 Å². The van der Waals surface area contributed by atoms with Crippen molar-refractivity contribution in [3.05, 3.63) is 35.9 Å². The van der Waals surface area contributed by atoms with E-state index in [9.17, 15) is 9.59 Å². The Morgan fingerprint density at radius 1 is 1.07 bits per heavy atom. The molecule has 1 atom stereocenters. The number of benzene rings is 1. The van der Waals surface area contributed by atoms with Gasteiger partial charge < -0.3 is 0 Å². The smallest absolute Gasteiger partial charge is 0.142 e. The molecule has 0 radical (unpaired) electrons. The van der Waals surface area contributed by atoms with Crippen molar-refractivity contribution in [3.8, 4) is 0 Å². The van der Waals surface area contributed by atoms with E-state index in [1.807, 2.05) is 30.3 Å². The molecule has 1 unspecified atom stereocenters. The van der Waals surface area contributed by atoms with E-state index in [0.717, 1.165) is 5.56 Å². The monoisotopic (exact) mass is 224 g/mol. The second-order valence-electron chi connectivity index (χ2n) is 3.51. The minimum Gasteiger partial charge on any atom is -0.299 e. The second kappa shape index (κ2) is 5.08. The van der Waals surface area contributed by atoms with E-state index in [4.69, 9.17) is 11.6 Å². The van der Waals surface area contributed by atoms with E-state index in [1.165, 1.54) is 13.8 Å². The van der Waals surface area contributed by atoms with Gasteiger partial charge in [0.2, 0.25) is 0 Å². The lowest BCUT2D eigenvalue weighted by Crippen LogP contribution is -2.24. The van der Waals surface area contributed by atoms with Crippen LogP contribution in [0.25, 0.3) is 0 Å². The Hall–Kier alpha value is -1.15. The van der Waals surface area contributed by atoms with Crippen LogP contribution in [0.4, 0.5) is 0 Å². The molecule has 2 nitrogen and oxygen atoms in total. The minimum atomic E-state index is -0.742. The summed E-state index contributed by atoms with van der Waals surface area (Å²) in [6.07, 6.45) is 0. The van der Waals surface area contributed by atoms with Gasteiger partial charge in [-0.05, 0) is 19.4 Å². The first-order valence-corrected chi connectivity index (χ1v) is 5.17. The second-order valence-corrected chi connectivity index (χ2v) is 3.98. The molecule has 0 N–H and O–H groups in total. The summed E-state index contributed by atoms with van der Waals surface area (Å²) in [5, 5.41) is -0.568. The zero-order valence-electron chi connectivity index (χ0n) is 8.74. The van der Waals surface area contributed by atoms with Crippen LogP contribution >= 0.6 is 11.6 Å². The number of carbonyl (C=O) groups excluding carboxylic acids is 2. The number of hydrogen-bond donors (Lipinski definition) is 0. The standard InChI is InChI=1S/C12H13ClO2/c1-8(14)11(9(2)15)12(13)10-6-4-3-5-7-10/h3-7,11-12H,1-2H3. The van der Waals surface area contributed by atoms with Gasteiger partial charge in [-0.25, -0.2) is 0 Å². The summed E-state index contributed by atoms with van der Waals surface area (Å²) in [6.45, 7) is 2.79. The van der Waals surface area contributed by atoms with Crippen molar-refractivity contribution in [1.29, 1.82) is 0 Å². The fourth-order valence-electron chi connectivity index (χ4n) is 1.53. The number of alkyl halides is 1. The zero-order chi connectivity index (χ0) is 11.4. The van der Waals surface area contributed by atoms with Crippen LogP contribution in [0.2, 0.25) is 0 Å². The number of rotatable bonds is 4. The van der Waals surface area contributed by atoms with E-state index < -0.39 is 11.3 Å². The molecule has 3 heteroatoms. The molecular weight excluding hydrogens is 212 g/mol. The summed E-state index contributed by atoms with van der Waals surface area (Å²) in [7, 11) is 0. The first-order chi connectivity index (χ1) is 7.04. The van der Waals surface area contributed by atoms with Crippen molar-refractivity contribution in [2.45, 2.75) is 19.2 Å². The predicted molar refractivity (Wildman–Crippen MR) is 59.9 cm³/mol. The maximum absolute atomic E-state index is 11.3. The van der Waals surface area contributed by atoms with Gasteiger partial charge in [0, 0.05) is 0 Å². The molecule has 0 bridgehead atoms. The predicted octanol–water partition coefficient (Wildman–Crippen LogP) is 2.76. The van der Waals surface area contributed by atoms with Gasteiger partial charge in [-0.3, -0.25) is 9.59 Å². The molecule has 1 aromatic carbocycles. The van der Waals surface area contributed by atoms with Crippen LogP contribution < -0.4 is 0 Å². The van der Waals surface area contributed by atoms with Crippen molar-refractivity contribution >= 4 is 23.2 Å². The van der Waals surface area contributed by atoms with Gasteiger partial charge in [-0.2, -0.15) is 0 Å². The molecule has 0 fully saturated rings. The highest BCUT2D eigenvalue weighted by Gasteiger charge is 2.29. The van der Waals surface area contributed by atoms with E-state index in [1.54, 1.807) is 0 Å². The lowest BCUT2D eigenvalue weighted by atomic mass is 9.92. The molecular formula is C12H13ClO2. The van der Waals surface area contributed by atoms with Crippen molar-refractivity contribution < 1.29 is 9.59 Å². The highest BCUT2D eigenvalue weighted by molar-refractivity contribution is 6.25. The lowest BCUT2D eigenvalue weighted by molar-refractivity contribution is -0.130. The van der Waals surface area contributed by atoms with Crippen LogP contribution in [0.5, 0.6) is 0 Å². The first-order valence-electron chi connectivity index (χ1n) is 4.74. The molecule has 0 aliphatic carbocycles. The van der Waals surface area contributed by atoms with Gasteiger partial charge in [-0.15, -0.1) is 11.6 Å². The molecule has 80 valence electrons. The van der Waals surface area contributed by atoms with Crippen molar-refractivity contribution in [2.24, 2.45) is 5.92 Å². The molecule has 15 heavy (non-hydrogen) atoms. The molecule has 1 aromatic rings. The Morgan fingerprint density at radius 3 is 1.93 bits per heavy atom. The maximum atomic E-state index is 11.3. The summed E-state index contributed by atoms with van der Waals surface area (Å²) in [6, 6.07) is 9.17. The summed E-state index contributed by atoms with van der Waals surface area (Å²) < 4.78 is 0. The van der Waals surface area contributed by atoms with Crippen LogP contribution in [0.1, 0.15) is 24.8 Å². The summed E-state index contributed by atoms with van der Waals surface area (Å²) in [5.74, 6) is -1.12. The van der Waals surface area contributed by atoms with Crippen LogP contribution in [-0.2, 0) is 9.59 Å². The average molecular weight is 225 g/mol. The number of ketones is 2. The van der Waals surface area contributed by atoms with Crippen molar-refractivity contribution in [2.75, 3.05) is 0 Å². The fraction of sp³-hybridized carbons (Fsp3) is 0.333. The Labute approximate surface area is 94.2 Å². The third kappa shape index (κ3) is 2.90. The van der Waals surface area contributed by atoms with Crippen molar-refractivity contribution in [3.63, 3.8) is 0 Å². The maximum Gasteiger partial charge on any atom is 0.142 e. The molecule has 0 aromatic heterocycles. The third-order valence-corrected chi connectivity index (χ3v) is 2.79. The van der Waals surface area contributed by atoms with Gasteiger partial charge in [0.25, 0.3) is 0 Å². The number of hydrogen-bond acceptors (Lipinski definition) is 2. The van der Waals surface area contributed by atoms with Gasteiger partial charge in [0.15, 0.2) is 0 Å². The Balaban J connectivity index is 2.96. The number of halogens is 1. The molecule has 0 saturated carbocycles. The molecule has 1 rings (SSSR count). The topological polar surface area (TPSA) is 34.1 Å². The van der Waals surface area contributed by atoms with Crippen LogP contribution in [-0.4, -0.2) is 11.6 Å². The zero-order valence-corrected chi connectivity index (χ0v) is 9.49. The van der Waals surface area contributed by atoms with Crippen LogP contribution in [0.15, 0.2) is 30.3 Å². The summed E-state index contributed by atoms with van der Waals surface area (Å²) in [4.78, 5) is 22.6. The summed E-state index contributed by atoms with van der Waals surface area (Å²) in [5.41, 5.74) is 0.801. The SMILES string of the molecule is CC(=O)C(C(C)=O)C(Cl)c1ccccc1. The fourth-order valence-corrected chi connectivity index (χ4v) is 2.03. The molecule has 0 heterocycles. The normalized spacial score (nSPS) is 12.5. The van der Waals surface area contributed by atoms with Gasteiger partial charge in [0.05, 0.1) is 11.3 Å². The Kier molecular flexibility index (Phi) is 4.04. The third-order valence-electron chi connectivity index (χ3n) is 2.29. The molecule has 0 saturated heterocycles. The molecule has 0 aliphatic heterocycles. The number of Topliss-reactive ketones (excluding diaryl/α,β-unsaturated/α-hetero) is 2. The van der Waals surface area contributed by atoms with E-state index in [2.05, 4.69) is 0 Å². The highest BCUT2D eigenvalue weighted by atomic mass is 35.5. The Bertz CT molecular complexity index is 345. The number of carbonyl (C=O) groups is 2. The quantitative estimate of drug-likeness (QED) is 0.582. The highest BCUT2D eigenvalue weighted by Crippen LogP contribution is 2.30. The van der Waals surface area contributed by atoms with E-state index in [0.29, 0.717) is 0 Å². The van der Waals surface area contributed by atoms with Gasteiger partial charge in [-0.1, -0.05) is 30.3 Å². The molecule has 0 spiro atoms. The van der Waals surface area contributed by atoms with E-state index >= 15 is 0 Å². The Morgan fingerprint density at radius 2 is 1.53 bits per heavy atom. The average Bonchev–Trinajstić information content (AvgIpc) is 2.18.